The van der Waals surface area contributed by atoms with Gasteiger partial charge in [-0.25, -0.2) is 4.98 Å². The zero-order chi connectivity index (χ0) is 26.6. The average molecular weight is 510 g/mol. The number of rotatable bonds is 8. The van der Waals surface area contributed by atoms with E-state index < -0.39 is 11.8 Å². The van der Waals surface area contributed by atoms with Crippen LogP contribution in [0.4, 0.5) is 11.6 Å². The van der Waals surface area contributed by atoms with Crippen LogP contribution in [0.3, 0.4) is 0 Å². The summed E-state index contributed by atoms with van der Waals surface area (Å²) in [5.41, 5.74) is 8.34. The maximum absolute atomic E-state index is 12.9. The molecule has 3 aromatic carbocycles. The molecule has 0 spiro atoms. The first-order chi connectivity index (χ1) is 18.4. The van der Waals surface area contributed by atoms with Crippen LogP contribution < -0.4 is 16.0 Å². The van der Waals surface area contributed by atoms with E-state index in [1.807, 2.05) is 24.3 Å². The third-order valence-corrected chi connectivity index (χ3v) is 5.89. The Morgan fingerprint density at radius 1 is 0.974 bits per heavy atom. The van der Waals surface area contributed by atoms with Crippen LogP contribution in [0.1, 0.15) is 27.5 Å². The second-order valence-corrected chi connectivity index (χ2v) is 8.44. The number of carbonyl (C=O) groups is 3. The molecule has 0 radical (unpaired) electrons. The molecule has 11 nitrogen and oxygen atoms in total. The fraction of sp³-hybridized carbons (Fsp3) is 0.111. The smallest absolute Gasteiger partial charge is 0.315 e. The predicted molar refractivity (Wildman–Crippen MR) is 140 cm³/mol. The number of primary amides is 1. The van der Waals surface area contributed by atoms with E-state index in [1.165, 1.54) is 4.90 Å². The lowest BCUT2D eigenvalue weighted by Crippen LogP contribution is -2.26. The molecule has 2 heterocycles. The van der Waals surface area contributed by atoms with E-state index in [0.717, 1.165) is 0 Å². The van der Waals surface area contributed by atoms with Gasteiger partial charge in [-0.15, -0.1) is 10.2 Å². The second kappa shape index (κ2) is 10.3. The Morgan fingerprint density at radius 2 is 1.68 bits per heavy atom. The Kier molecular flexibility index (Phi) is 6.64. The standard InChI is InChI=1S/C27H23N7O4/c1-33(26(37)18-10-6-3-7-11-18)19-12-13-21-20(16-19)29-27(34(21)15-14-22(28)35)30-23(36)25-32-31-24(38-25)17-8-4-2-5-9-17/h2-13,16H,14-15H2,1H3,(H2,28,35)(H,29,30,36). The molecule has 0 bridgehead atoms. The van der Waals surface area contributed by atoms with Crippen LogP contribution in [0.5, 0.6) is 0 Å². The number of benzene rings is 3. The van der Waals surface area contributed by atoms with E-state index in [2.05, 4.69) is 20.5 Å². The summed E-state index contributed by atoms with van der Waals surface area (Å²) in [6, 6.07) is 23.2. The van der Waals surface area contributed by atoms with Gasteiger partial charge in [0.25, 0.3) is 5.91 Å². The Morgan fingerprint density at radius 3 is 2.39 bits per heavy atom. The zero-order valence-corrected chi connectivity index (χ0v) is 20.4. The highest BCUT2D eigenvalue weighted by Crippen LogP contribution is 2.26. The number of nitrogens with zero attached hydrogens (tertiary/aromatic N) is 5. The molecule has 0 aliphatic carbocycles. The number of carbonyl (C=O) groups excluding carboxylic acids is 3. The van der Waals surface area contributed by atoms with Crippen molar-refractivity contribution in [1.29, 1.82) is 0 Å². The molecule has 5 rings (SSSR count). The van der Waals surface area contributed by atoms with Crippen molar-refractivity contribution in [2.45, 2.75) is 13.0 Å². The van der Waals surface area contributed by atoms with Gasteiger partial charge in [0, 0.05) is 36.8 Å². The van der Waals surface area contributed by atoms with Gasteiger partial charge in [-0.05, 0) is 42.5 Å². The van der Waals surface area contributed by atoms with Crippen LogP contribution in [-0.2, 0) is 11.3 Å². The molecule has 0 saturated carbocycles. The van der Waals surface area contributed by atoms with Crippen molar-refractivity contribution in [1.82, 2.24) is 19.7 Å². The SMILES string of the molecule is CN(C(=O)c1ccccc1)c1ccc2c(c1)nc(NC(=O)c1nnc(-c3ccccc3)o1)n2CCC(N)=O. The number of aromatic nitrogens is 4. The molecule has 190 valence electrons. The van der Waals surface area contributed by atoms with Gasteiger partial charge in [-0.3, -0.25) is 19.7 Å². The molecule has 3 N–H and O–H groups in total. The summed E-state index contributed by atoms with van der Waals surface area (Å²) < 4.78 is 7.21. The van der Waals surface area contributed by atoms with Crippen molar-refractivity contribution >= 4 is 40.4 Å². The van der Waals surface area contributed by atoms with Gasteiger partial charge in [-0.2, -0.15) is 0 Å². The molecule has 0 atom stereocenters. The number of amides is 3. The van der Waals surface area contributed by atoms with Crippen molar-refractivity contribution in [2.75, 3.05) is 17.3 Å². The van der Waals surface area contributed by atoms with Crippen LogP contribution in [0.2, 0.25) is 0 Å². The van der Waals surface area contributed by atoms with Gasteiger partial charge in [0.15, 0.2) is 0 Å². The second-order valence-electron chi connectivity index (χ2n) is 8.44. The Hall–Kier alpha value is -5.32. The van der Waals surface area contributed by atoms with Crippen molar-refractivity contribution in [3.63, 3.8) is 0 Å². The minimum Gasteiger partial charge on any atom is -0.412 e. The van der Waals surface area contributed by atoms with E-state index >= 15 is 0 Å². The minimum absolute atomic E-state index is 0.0290. The van der Waals surface area contributed by atoms with Crippen molar-refractivity contribution in [2.24, 2.45) is 5.73 Å². The third-order valence-electron chi connectivity index (χ3n) is 5.89. The lowest BCUT2D eigenvalue weighted by Gasteiger charge is -2.17. The van der Waals surface area contributed by atoms with E-state index in [0.29, 0.717) is 27.8 Å². The number of hydrogen-bond donors (Lipinski definition) is 2. The Labute approximate surface area is 216 Å². The molecule has 0 unspecified atom stereocenters. The summed E-state index contributed by atoms with van der Waals surface area (Å²) in [6.45, 7) is 0.179. The molecular weight excluding hydrogens is 486 g/mol. The number of nitrogens with two attached hydrogens (primary N) is 1. The number of fused-ring (bicyclic) bond motifs is 1. The summed E-state index contributed by atoms with van der Waals surface area (Å²) >= 11 is 0. The van der Waals surface area contributed by atoms with Gasteiger partial charge in [0.05, 0.1) is 11.0 Å². The summed E-state index contributed by atoms with van der Waals surface area (Å²) in [5.74, 6) is -1.22. The molecule has 0 aliphatic heterocycles. The van der Waals surface area contributed by atoms with Crippen LogP contribution in [0.15, 0.2) is 83.3 Å². The molecule has 38 heavy (non-hydrogen) atoms. The zero-order valence-electron chi connectivity index (χ0n) is 20.4. The number of anilines is 2. The fourth-order valence-electron chi connectivity index (χ4n) is 3.93. The van der Waals surface area contributed by atoms with E-state index in [-0.39, 0.29) is 36.6 Å². The van der Waals surface area contributed by atoms with E-state index in [9.17, 15) is 14.4 Å². The Bertz CT molecular complexity index is 1630. The molecule has 0 saturated heterocycles. The number of imidazole rings is 1. The first kappa shape index (κ1) is 24.4. The van der Waals surface area contributed by atoms with Crippen LogP contribution >= 0.6 is 0 Å². The number of nitrogens with one attached hydrogen (secondary N) is 1. The van der Waals surface area contributed by atoms with Gasteiger partial charge < -0.3 is 19.6 Å². The monoisotopic (exact) mass is 509 g/mol. The highest BCUT2D eigenvalue weighted by molar-refractivity contribution is 6.06. The maximum Gasteiger partial charge on any atom is 0.315 e. The van der Waals surface area contributed by atoms with Crippen LogP contribution in [0.25, 0.3) is 22.5 Å². The molecule has 5 aromatic rings. The first-order valence-electron chi connectivity index (χ1n) is 11.7. The van der Waals surface area contributed by atoms with E-state index in [4.69, 9.17) is 10.2 Å². The van der Waals surface area contributed by atoms with Gasteiger partial charge in [-0.1, -0.05) is 36.4 Å². The molecular formula is C27H23N7O4. The average Bonchev–Trinajstić information content (AvgIpc) is 3.57. The molecule has 3 amide bonds. The van der Waals surface area contributed by atoms with Crippen LogP contribution in [-0.4, -0.2) is 44.5 Å². The van der Waals surface area contributed by atoms with Gasteiger partial charge >= 0.3 is 11.8 Å². The predicted octanol–water partition coefficient (Wildman–Crippen LogP) is 3.49. The summed E-state index contributed by atoms with van der Waals surface area (Å²) in [7, 11) is 1.67. The van der Waals surface area contributed by atoms with Crippen LogP contribution in [0, 0.1) is 0 Å². The first-order valence-corrected chi connectivity index (χ1v) is 11.7. The van der Waals surface area contributed by atoms with Crippen molar-refractivity contribution in [3.05, 3.63) is 90.3 Å². The van der Waals surface area contributed by atoms with Gasteiger partial charge in [0.1, 0.15) is 0 Å². The van der Waals surface area contributed by atoms with Gasteiger partial charge in [0.2, 0.25) is 17.7 Å². The fourth-order valence-corrected chi connectivity index (χ4v) is 3.93. The van der Waals surface area contributed by atoms with Crippen molar-refractivity contribution in [3.8, 4) is 11.5 Å². The third kappa shape index (κ3) is 4.98. The minimum atomic E-state index is -0.660. The lowest BCUT2D eigenvalue weighted by molar-refractivity contribution is -0.118. The molecule has 11 heteroatoms. The Balaban J connectivity index is 1.44. The summed E-state index contributed by atoms with van der Waals surface area (Å²) in [4.78, 5) is 43.4. The van der Waals surface area contributed by atoms with Crippen molar-refractivity contribution < 1.29 is 18.8 Å². The van der Waals surface area contributed by atoms with E-state index in [1.54, 1.807) is 66.2 Å². The largest absolute Gasteiger partial charge is 0.412 e. The highest BCUT2D eigenvalue weighted by Gasteiger charge is 2.21. The quantitative estimate of drug-likeness (QED) is 0.325. The topological polar surface area (TPSA) is 149 Å². The lowest BCUT2D eigenvalue weighted by atomic mass is 10.2. The highest BCUT2D eigenvalue weighted by atomic mass is 16.4. The molecule has 0 fully saturated rings. The summed E-state index contributed by atoms with van der Waals surface area (Å²) in [6.07, 6.45) is 0.0290. The normalized spacial score (nSPS) is 10.9. The maximum atomic E-state index is 12.9. The number of hydrogen-bond acceptors (Lipinski definition) is 7. The molecule has 2 aromatic heterocycles. The molecule has 0 aliphatic rings. The number of aryl methyl sites for hydroxylation is 1. The summed E-state index contributed by atoms with van der Waals surface area (Å²) in [5, 5.41) is 10.5.